The van der Waals surface area contributed by atoms with Crippen LogP contribution in [0.1, 0.15) is 63.4 Å². The van der Waals surface area contributed by atoms with Crippen molar-refractivity contribution in [3.8, 4) is 0 Å². The molecule has 2 fully saturated rings. The molecule has 4 N–H and O–H groups in total. The number of hydrogen-bond acceptors (Lipinski definition) is 7. The minimum Gasteiger partial charge on any atom is -0.390 e. The summed E-state index contributed by atoms with van der Waals surface area (Å²) in [6, 6.07) is 4.62. The van der Waals surface area contributed by atoms with Crippen LogP contribution in [-0.2, 0) is 12.6 Å². The van der Waals surface area contributed by atoms with E-state index in [9.17, 15) is 23.4 Å². The third kappa shape index (κ3) is 6.33. The zero-order chi connectivity index (χ0) is 30.5. The molecule has 1 aromatic carbocycles. The van der Waals surface area contributed by atoms with Gasteiger partial charge in [-0.3, -0.25) is 0 Å². The highest BCUT2D eigenvalue weighted by Gasteiger charge is 2.43. The molecular formula is C30H37ClF3N7O2. The van der Waals surface area contributed by atoms with Gasteiger partial charge in [0.05, 0.1) is 39.2 Å². The second kappa shape index (κ2) is 11.9. The van der Waals surface area contributed by atoms with Gasteiger partial charge in [0.25, 0.3) is 0 Å². The molecule has 0 saturated heterocycles. The molecule has 0 amide bonds. The van der Waals surface area contributed by atoms with Crippen molar-refractivity contribution >= 4 is 39.5 Å². The monoisotopic (exact) mass is 619 g/mol. The number of fused-ring (bicyclic) bond motifs is 2. The van der Waals surface area contributed by atoms with Gasteiger partial charge in [-0.25, -0.2) is 15.0 Å². The van der Waals surface area contributed by atoms with Crippen molar-refractivity contribution in [2.45, 2.75) is 88.9 Å². The average molecular weight is 620 g/mol. The number of aromatic amines is 1. The summed E-state index contributed by atoms with van der Waals surface area (Å²) in [5.74, 6) is 1.31. The predicted molar refractivity (Wildman–Crippen MR) is 159 cm³/mol. The Balaban J connectivity index is 1.06. The summed E-state index contributed by atoms with van der Waals surface area (Å²) in [6.07, 6.45) is 2.27. The summed E-state index contributed by atoms with van der Waals surface area (Å²) in [4.78, 5) is 18.7. The lowest BCUT2D eigenvalue weighted by Crippen LogP contribution is -2.40. The second-order valence-electron chi connectivity index (χ2n) is 12.2. The van der Waals surface area contributed by atoms with E-state index in [-0.39, 0.29) is 23.0 Å². The van der Waals surface area contributed by atoms with E-state index in [0.29, 0.717) is 42.3 Å². The lowest BCUT2D eigenvalue weighted by Gasteiger charge is -2.30. The Hall–Kier alpha value is -2.93. The number of benzene rings is 1. The Morgan fingerprint density at radius 1 is 1.16 bits per heavy atom. The van der Waals surface area contributed by atoms with Crippen molar-refractivity contribution in [1.82, 2.24) is 29.4 Å². The number of aliphatic hydroxyl groups is 2. The minimum atomic E-state index is -4.53. The highest BCUT2D eigenvalue weighted by molar-refractivity contribution is 6.32. The van der Waals surface area contributed by atoms with Crippen LogP contribution in [0, 0.1) is 5.92 Å². The second-order valence-corrected chi connectivity index (χ2v) is 12.6. The number of nitrogens with one attached hydrogen (secondary N) is 2. The largest absolute Gasteiger partial charge is 0.417 e. The lowest BCUT2D eigenvalue weighted by molar-refractivity contribution is -0.137. The van der Waals surface area contributed by atoms with Gasteiger partial charge in [0, 0.05) is 37.2 Å². The molecule has 43 heavy (non-hydrogen) atoms. The van der Waals surface area contributed by atoms with Crippen LogP contribution in [0.2, 0.25) is 5.02 Å². The quantitative estimate of drug-likeness (QED) is 0.162. The first-order valence-corrected chi connectivity index (χ1v) is 15.3. The van der Waals surface area contributed by atoms with Gasteiger partial charge in [-0.15, -0.1) is 0 Å². The Morgan fingerprint density at radius 3 is 2.67 bits per heavy atom. The number of H-pyrrole nitrogens is 1. The first-order chi connectivity index (χ1) is 20.5. The van der Waals surface area contributed by atoms with E-state index >= 15 is 0 Å². The highest BCUT2D eigenvalue weighted by Crippen LogP contribution is 2.39. The van der Waals surface area contributed by atoms with Crippen LogP contribution in [0.15, 0.2) is 30.7 Å². The van der Waals surface area contributed by atoms with E-state index in [1.165, 1.54) is 6.07 Å². The van der Waals surface area contributed by atoms with Crippen LogP contribution in [0.4, 0.5) is 19.0 Å². The normalized spacial score (nSPS) is 22.9. The van der Waals surface area contributed by atoms with Crippen molar-refractivity contribution in [1.29, 1.82) is 0 Å². The summed E-state index contributed by atoms with van der Waals surface area (Å²) in [6.45, 7) is 5.64. The summed E-state index contributed by atoms with van der Waals surface area (Å²) in [7, 11) is 0. The summed E-state index contributed by atoms with van der Waals surface area (Å²) >= 11 is 5.84. The van der Waals surface area contributed by atoms with E-state index < -0.39 is 23.9 Å². The van der Waals surface area contributed by atoms with Crippen LogP contribution >= 0.6 is 11.6 Å². The van der Waals surface area contributed by atoms with Crippen LogP contribution in [0.3, 0.4) is 0 Å². The topological polar surface area (TPSA) is 115 Å². The standard InChI is InChI=1S/C30H37ClF3N7O2/c1-16(2)40(9-4-3-5-25-38-22-12-20(30(32,33)34)21(31)13-23(22)39-25)14-17-11-24(27(43)26(17)42)41-10-8-19-28(37-18-6-7-18)35-15-36-29(19)41/h8,10,12-13,15-18,24,26-27,42-43H,3-7,9,11,14H2,1-2H3,(H,38,39)(H,35,36,37)/t17-,24?,26-,27+/m1/s1. The molecule has 1 unspecified atom stereocenters. The molecule has 0 spiro atoms. The number of imidazole rings is 1. The molecule has 3 heterocycles. The summed E-state index contributed by atoms with van der Waals surface area (Å²) in [5, 5.41) is 26.1. The third-order valence-corrected chi connectivity index (χ3v) is 9.10. The van der Waals surface area contributed by atoms with Gasteiger partial charge in [-0.1, -0.05) is 11.6 Å². The predicted octanol–water partition coefficient (Wildman–Crippen LogP) is 5.57. The Labute approximate surface area is 252 Å². The van der Waals surface area contributed by atoms with Gasteiger partial charge in [-0.05, 0) is 70.7 Å². The molecule has 2 aliphatic carbocycles. The Morgan fingerprint density at radius 2 is 1.95 bits per heavy atom. The Bertz CT molecular complexity index is 1590. The SMILES string of the molecule is CC(C)N(CCCCc1nc2cc(Cl)c(C(F)(F)F)cc2[nH]1)C[C@H]1CC(n2ccc3c(NC4CC4)ncnc32)[C@H](O)[C@@H]1O. The lowest BCUT2D eigenvalue weighted by atomic mass is 10.0. The Kier molecular flexibility index (Phi) is 8.31. The van der Waals surface area contributed by atoms with Crippen LogP contribution < -0.4 is 5.32 Å². The van der Waals surface area contributed by atoms with Gasteiger partial charge in [0.1, 0.15) is 29.7 Å². The number of aromatic nitrogens is 5. The molecule has 4 aromatic rings. The molecule has 232 valence electrons. The molecule has 0 radical (unpaired) electrons. The van der Waals surface area contributed by atoms with E-state index in [2.05, 4.69) is 44.0 Å². The fourth-order valence-electron chi connectivity index (χ4n) is 6.22. The van der Waals surface area contributed by atoms with E-state index in [1.807, 2.05) is 16.8 Å². The maximum atomic E-state index is 13.2. The number of unbranched alkanes of at least 4 members (excludes halogenated alkanes) is 1. The molecule has 0 aliphatic heterocycles. The number of rotatable bonds is 11. The van der Waals surface area contributed by atoms with Gasteiger partial charge in [0.15, 0.2) is 0 Å². The molecule has 0 bridgehead atoms. The maximum Gasteiger partial charge on any atom is 0.417 e. The zero-order valence-corrected chi connectivity index (χ0v) is 24.9. The number of alkyl halides is 3. The van der Waals surface area contributed by atoms with Crippen molar-refractivity contribution in [3.05, 3.63) is 47.1 Å². The van der Waals surface area contributed by atoms with Gasteiger partial charge in [0.2, 0.25) is 0 Å². The molecule has 9 nitrogen and oxygen atoms in total. The number of aliphatic hydroxyl groups excluding tert-OH is 2. The van der Waals surface area contributed by atoms with E-state index in [4.69, 9.17) is 11.6 Å². The molecule has 2 saturated carbocycles. The van der Waals surface area contributed by atoms with Gasteiger partial charge >= 0.3 is 6.18 Å². The maximum absolute atomic E-state index is 13.2. The van der Waals surface area contributed by atoms with E-state index in [1.54, 1.807) is 6.33 Å². The summed E-state index contributed by atoms with van der Waals surface area (Å²) < 4.78 is 41.6. The molecule has 4 atom stereocenters. The zero-order valence-electron chi connectivity index (χ0n) is 24.2. The molecule has 6 rings (SSSR count). The van der Waals surface area contributed by atoms with Crippen molar-refractivity contribution < 1.29 is 23.4 Å². The van der Waals surface area contributed by atoms with Crippen molar-refractivity contribution in [2.75, 3.05) is 18.4 Å². The number of hydrogen-bond donors (Lipinski definition) is 4. The minimum absolute atomic E-state index is 0.117. The summed E-state index contributed by atoms with van der Waals surface area (Å²) in [5.41, 5.74) is 0.603. The first-order valence-electron chi connectivity index (χ1n) is 14.9. The number of aryl methyl sites for hydroxylation is 1. The molecule has 2 aliphatic rings. The molecule has 3 aromatic heterocycles. The van der Waals surface area contributed by atoms with Gasteiger partial charge in [-0.2, -0.15) is 13.2 Å². The van der Waals surface area contributed by atoms with E-state index in [0.717, 1.165) is 55.1 Å². The number of halogens is 4. The number of anilines is 1. The average Bonchev–Trinajstić information content (AvgIpc) is 3.40. The fourth-order valence-corrected chi connectivity index (χ4v) is 6.48. The van der Waals surface area contributed by atoms with Gasteiger partial charge < -0.3 is 30.0 Å². The third-order valence-electron chi connectivity index (χ3n) is 8.79. The van der Waals surface area contributed by atoms with Crippen molar-refractivity contribution in [3.63, 3.8) is 0 Å². The first kappa shape index (κ1) is 30.1. The number of nitrogens with zero attached hydrogens (tertiary/aromatic N) is 5. The smallest absolute Gasteiger partial charge is 0.390 e. The highest BCUT2D eigenvalue weighted by atomic mass is 35.5. The van der Waals surface area contributed by atoms with Crippen LogP contribution in [0.5, 0.6) is 0 Å². The van der Waals surface area contributed by atoms with Crippen LogP contribution in [-0.4, -0.2) is 77.0 Å². The fraction of sp³-hybridized carbons (Fsp3) is 0.567. The van der Waals surface area contributed by atoms with Crippen molar-refractivity contribution in [2.24, 2.45) is 5.92 Å². The van der Waals surface area contributed by atoms with Crippen LogP contribution in [0.25, 0.3) is 22.1 Å². The molecular weight excluding hydrogens is 583 g/mol. The molecule has 13 heteroatoms.